The lowest BCUT2D eigenvalue weighted by Crippen LogP contribution is -2.67. The van der Waals surface area contributed by atoms with Crippen LogP contribution in [-0.4, -0.2) is 58.6 Å². The quantitative estimate of drug-likeness (QED) is 0.504. The van der Waals surface area contributed by atoms with Crippen LogP contribution in [0, 0.1) is 0 Å². The number of nitrogens with one attached hydrogen (secondary N) is 1. The van der Waals surface area contributed by atoms with Crippen LogP contribution in [0.25, 0.3) is 21.7 Å². The highest BCUT2D eigenvalue weighted by atomic mass is 32.1. The van der Waals surface area contributed by atoms with Crippen molar-refractivity contribution >= 4 is 28.5 Å². The number of aliphatic hydroxyl groups is 1. The second kappa shape index (κ2) is 7.86. The Morgan fingerprint density at radius 3 is 2.52 bits per heavy atom. The molecule has 0 radical (unpaired) electrons. The molecule has 4 unspecified atom stereocenters. The second-order valence-corrected chi connectivity index (χ2v) is 9.09. The van der Waals surface area contributed by atoms with E-state index < -0.39 is 30.1 Å². The Morgan fingerprint density at radius 1 is 1.24 bits per heavy atom. The maximum atomic E-state index is 14.0. The molecule has 0 spiro atoms. The highest BCUT2D eigenvalue weighted by molar-refractivity contribution is 7.13. The van der Waals surface area contributed by atoms with Gasteiger partial charge in [0.1, 0.15) is 16.6 Å². The molecule has 6 rings (SSSR count). The fourth-order valence-electron chi connectivity index (χ4n) is 4.12. The Hall–Kier alpha value is -2.35. The minimum Gasteiger partial charge on any atom is -0.423 e. The molecule has 0 saturated carbocycles. The first-order valence-corrected chi connectivity index (χ1v) is 11.1. The summed E-state index contributed by atoms with van der Waals surface area (Å²) in [6, 6.07) is 2.93. The SMILES string of the molecule is CC(O)C(F)(F)OC(c1ccc(-c2nccs2)c2oc(N3CC4CC(C3)N4)nc12)C(F)(F)F. The van der Waals surface area contributed by atoms with E-state index in [9.17, 15) is 27.1 Å². The normalized spacial score (nSPS) is 22.9. The van der Waals surface area contributed by atoms with Gasteiger partial charge in [-0.2, -0.15) is 26.9 Å². The number of ether oxygens (including phenoxy) is 1. The van der Waals surface area contributed by atoms with Crippen LogP contribution in [0.2, 0.25) is 0 Å². The van der Waals surface area contributed by atoms with E-state index in [0.717, 1.165) is 12.5 Å². The molecule has 1 aromatic carbocycles. The highest BCUT2D eigenvalue weighted by Gasteiger charge is 2.51. The molecule has 3 aliphatic rings. The van der Waals surface area contributed by atoms with Gasteiger partial charge < -0.3 is 24.5 Å². The van der Waals surface area contributed by atoms with Crippen molar-refractivity contribution in [2.45, 2.75) is 49.9 Å². The minimum absolute atomic E-state index is 0.00266. The summed E-state index contributed by atoms with van der Waals surface area (Å²) >= 11 is 1.25. The van der Waals surface area contributed by atoms with Crippen LogP contribution < -0.4 is 10.2 Å². The van der Waals surface area contributed by atoms with Gasteiger partial charge in [0.2, 0.25) is 0 Å². The number of benzene rings is 1. The third-order valence-electron chi connectivity index (χ3n) is 5.76. The summed E-state index contributed by atoms with van der Waals surface area (Å²) in [5, 5.41) is 14.7. The Labute approximate surface area is 188 Å². The molecule has 13 heteroatoms. The molecule has 2 aromatic heterocycles. The average Bonchev–Trinajstić information content (AvgIpc) is 3.40. The van der Waals surface area contributed by atoms with E-state index in [1.807, 2.05) is 4.90 Å². The predicted octanol–water partition coefficient (Wildman–Crippen LogP) is 4.10. The van der Waals surface area contributed by atoms with Gasteiger partial charge in [0.25, 0.3) is 6.01 Å². The van der Waals surface area contributed by atoms with E-state index >= 15 is 0 Å². The maximum Gasteiger partial charge on any atom is 0.419 e. The Bertz CT molecular complexity index is 1130. The monoisotopic (exact) mass is 490 g/mol. The number of oxazole rings is 1. The van der Waals surface area contributed by atoms with Crippen molar-refractivity contribution in [3.8, 4) is 10.6 Å². The second-order valence-electron chi connectivity index (χ2n) is 8.19. The molecular formula is C20H19F5N4O3S. The zero-order valence-electron chi connectivity index (χ0n) is 17.1. The number of hydrogen-bond acceptors (Lipinski definition) is 8. The number of aromatic nitrogens is 2. The van der Waals surface area contributed by atoms with Crippen LogP contribution in [0.15, 0.2) is 28.1 Å². The summed E-state index contributed by atoms with van der Waals surface area (Å²) in [4.78, 5) is 10.3. The van der Waals surface area contributed by atoms with E-state index in [1.165, 1.54) is 23.6 Å². The fourth-order valence-corrected chi connectivity index (χ4v) is 4.78. The van der Waals surface area contributed by atoms with E-state index in [4.69, 9.17) is 4.42 Å². The number of nitrogens with zero attached hydrogens (tertiary/aromatic N) is 3. The van der Waals surface area contributed by atoms with Crippen LogP contribution in [0.5, 0.6) is 0 Å². The molecule has 2 N–H and O–H groups in total. The molecule has 3 saturated heterocycles. The van der Waals surface area contributed by atoms with Gasteiger partial charge in [-0.1, -0.05) is 6.07 Å². The van der Waals surface area contributed by atoms with Gasteiger partial charge >= 0.3 is 12.3 Å². The average molecular weight is 490 g/mol. The van der Waals surface area contributed by atoms with Gasteiger partial charge in [0, 0.05) is 42.3 Å². The number of piperidine rings is 1. The third-order valence-corrected chi connectivity index (χ3v) is 6.57. The first-order valence-electron chi connectivity index (χ1n) is 10.2. The van der Waals surface area contributed by atoms with E-state index in [0.29, 0.717) is 30.6 Å². The standard InChI is InChI=1S/C20H19F5N4O3S/c1-9(30)20(24,25)32-16(19(21,22)23)12-2-3-13(17-26-4-5-33-17)15-14(12)28-18(31-15)29-7-10-6-11(8-29)27-10/h2-5,9-11,16,27,30H,6-8H2,1H3. The largest absolute Gasteiger partial charge is 0.423 e. The van der Waals surface area contributed by atoms with Gasteiger partial charge in [-0.15, -0.1) is 11.3 Å². The lowest BCUT2D eigenvalue weighted by molar-refractivity contribution is -0.352. The topological polar surface area (TPSA) is 83.7 Å². The van der Waals surface area contributed by atoms with Crippen molar-refractivity contribution < 1.29 is 36.2 Å². The van der Waals surface area contributed by atoms with Crippen molar-refractivity contribution in [1.29, 1.82) is 0 Å². The van der Waals surface area contributed by atoms with Gasteiger partial charge in [-0.05, 0) is 19.4 Å². The Kier molecular flexibility index (Phi) is 5.34. The van der Waals surface area contributed by atoms with Crippen LogP contribution in [0.4, 0.5) is 28.0 Å². The summed E-state index contributed by atoms with van der Waals surface area (Å²) in [7, 11) is 0. The number of piperazine rings is 1. The molecule has 5 heterocycles. The van der Waals surface area contributed by atoms with Gasteiger partial charge in [-0.25, -0.2) is 4.98 Å². The summed E-state index contributed by atoms with van der Waals surface area (Å²) in [6.45, 7) is 1.77. The minimum atomic E-state index is -5.20. The van der Waals surface area contributed by atoms with Gasteiger partial charge in [0.05, 0.1) is 5.56 Å². The highest BCUT2D eigenvalue weighted by Crippen LogP contribution is 2.45. The molecule has 4 atom stereocenters. The van der Waals surface area contributed by atoms with E-state index in [1.54, 1.807) is 5.38 Å². The zero-order valence-corrected chi connectivity index (χ0v) is 18.0. The molecule has 7 nitrogen and oxygen atoms in total. The number of fused-ring (bicyclic) bond motifs is 3. The van der Waals surface area contributed by atoms with Crippen molar-refractivity contribution in [3.05, 3.63) is 29.3 Å². The van der Waals surface area contributed by atoms with Gasteiger partial charge in [0.15, 0.2) is 11.7 Å². The van der Waals surface area contributed by atoms with E-state index in [-0.39, 0.29) is 29.2 Å². The third kappa shape index (κ3) is 4.07. The van der Waals surface area contributed by atoms with Crippen LogP contribution in [0.3, 0.4) is 0 Å². The molecule has 33 heavy (non-hydrogen) atoms. The number of rotatable bonds is 6. The zero-order chi connectivity index (χ0) is 23.5. The number of thiazole rings is 1. The summed E-state index contributed by atoms with van der Waals surface area (Å²) in [6.07, 6.45) is -12.6. The molecule has 3 aliphatic heterocycles. The molecular weight excluding hydrogens is 471 g/mol. The number of halogens is 5. The van der Waals surface area contributed by atoms with Crippen LogP contribution in [0.1, 0.15) is 25.0 Å². The number of hydrogen-bond donors (Lipinski definition) is 2. The van der Waals surface area contributed by atoms with Crippen LogP contribution in [-0.2, 0) is 4.74 Å². The molecule has 3 fully saturated rings. The van der Waals surface area contributed by atoms with Crippen molar-refractivity contribution in [3.63, 3.8) is 0 Å². The predicted molar refractivity (Wildman–Crippen MR) is 109 cm³/mol. The fraction of sp³-hybridized carbons (Fsp3) is 0.500. The summed E-state index contributed by atoms with van der Waals surface area (Å²) in [5.74, 6) is 0. The first kappa shape index (κ1) is 22.4. The first-order chi connectivity index (χ1) is 15.5. The molecule has 3 aromatic rings. The van der Waals surface area contributed by atoms with Gasteiger partial charge in [-0.3, -0.25) is 0 Å². The summed E-state index contributed by atoms with van der Waals surface area (Å²) < 4.78 is 79.8. The number of alkyl halides is 5. The lowest BCUT2D eigenvalue weighted by atomic mass is 9.92. The van der Waals surface area contributed by atoms with Crippen molar-refractivity contribution in [1.82, 2.24) is 15.3 Å². The van der Waals surface area contributed by atoms with E-state index in [2.05, 4.69) is 20.0 Å². The maximum absolute atomic E-state index is 14.0. The van der Waals surface area contributed by atoms with Crippen LogP contribution >= 0.6 is 11.3 Å². The molecule has 2 bridgehead atoms. The Morgan fingerprint density at radius 2 is 1.94 bits per heavy atom. The molecule has 0 amide bonds. The van der Waals surface area contributed by atoms with Crippen molar-refractivity contribution in [2.75, 3.05) is 18.0 Å². The summed E-state index contributed by atoms with van der Waals surface area (Å²) in [5.41, 5.74) is -0.476. The number of anilines is 1. The molecule has 0 aliphatic carbocycles. The smallest absolute Gasteiger partial charge is 0.419 e. The number of aliphatic hydroxyl groups excluding tert-OH is 1. The lowest BCUT2D eigenvalue weighted by Gasteiger charge is -2.47. The molecule has 178 valence electrons. The Balaban J connectivity index is 1.64. The van der Waals surface area contributed by atoms with Crippen molar-refractivity contribution in [2.24, 2.45) is 0 Å².